The molecule has 1 fully saturated rings. The van der Waals surface area contributed by atoms with Gasteiger partial charge in [-0.1, -0.05) is 0 Å². The molecule has 0 aromatic heterocycles. The summed E-state index contributed by atoms with van der Waals surface area (Å²) < 4.78 is 0. The van der Waals surface area contributed by atoms with E-state index in [1.54, 1.807) is 6.26 Å². The molecule has 1 rings (SSSR count). The number of hydrogen-bond acceptors (Lipinski definition) is 10. The number of amides is 7. The molecule has 0 aromatic rings. The topological polar surface area (TPSA) is 319 Å². The number of aliphatic carboxylic acids is 1. The number of carbonyl (C=O) groups is 8. The predicted molar refractivity (Wildman–Crippen MR) is 162 cm³/mol. The number of primary amides is 1. The Balaban J connectivity index is 3.39. The summed E-state index contributed by atoms with van der Waals surface area (Å²) >= 11 is 1.41. The van der Waals surface area contributed by atoms with Crippen molar-refractivity contribution in [2.75, 3.05) is 31.6 Å². The molecule has 20 heteroatoms. The number of guanidine groups is 1. The standard InChI is InChI=1S/C25H42N10O9S/c1-45-10-7-15-22(42)31-12-19(38)33-16(11-20(39)40)24(44)34-13(3-2-8-30-25(27)28)23(43)35-14(4-5-17(26)36)21(41)29-9-6-18(37)32-15/h13-16H,2-12H2,1H3,(H2,26,36)(H,29,41)(H,31,42)(H,32,37)(H,33,38)(H,34,44)(H,35,43)(H,39,40)(H4,27,28,30)/t13-,14-,15-,16-/m0/s1. The molecule has 0 radical (unpaired) electrons. The molecule has 0 saturated carbocycles. The Kier molecular flexibility index (Phi) is 17.4. The van der Waals surface area contributed by atoms with Gasteiger partial charge in [-0.05, 0) is 37.7 Å². The van der Waals surface area contributed by atoms with Gasteiger partial charge in [-0.2, -0.15) is 11.8 Å². The largest absolute Gasteiger partial charge is 0.481 e. The van der Waals surface area contributed by atoms with Crippen LogP contribution in [0, 0.1) is 0 Å². The van der Waals surface area contributed by atoms with Crippen molar-refractivity contribution in [3.8, 4) is 0 Å². The van der Waals surface area contributed by atoms with Gasteiger partial charge < -0.3 is 54.2 Å². The molecule has 1 aliphatic heterocycles. The van der Waals surface area contributed by atoms with E-state index in [0.717, 1.165) is 0 Å². The molecule has 7 amide bonds. The summed E-state index contributed by atoms with van der Waals surface area (Å²) in [4.78, 5) is 104. The second-order valence-corrected chi connectivity index (χ2v) is 10.9. The second kappa shape index (κ2) is 20.4. The molecule has 1 aliphatic rings. The number of nitrogens with one attached hydrogen (secondary N) is 6. The molecule has 1 saturated heterocycles. The highest BCUT2D eigenvalue weighted by molar-refractivity contribution is 7.98. The normalized spacial score (nSPS) is 22.5. The molecular formula is C25H42N10O9S. The van der Waals surface area contributed by atoms with Gasteiger partial charge in [0.05, 0.1) is 13.0 Å². The van der Waals surface area contributed by atoms with Gasteiger partial charge >= 0.3 is 5.97 Å². The van der Waals surface area contributed by atoms with E-state index in [-0.39, 0.29) is 57.6 Å². The van der Waals surface area contributed by atoms with Crippen LogP contribution in [0.15, 0.2) is 4.99 Å². The lowest BCUT2D eigenvalue weighted by Gasteiger charge is -2.25. The Morgan fingerprint density at radius 2 is 1.38 bits per heavy atom. The molecule has 0 aromatic carbocycles. The van der Waals surface area contributed by atoms with Gasteiger partial charge in [-0.15, -0.1) is 0 Å². The lowest BCUT2D eigenvalue weighted by molar-refractivity contribution is -0.141. The minimum atomic E-state index is -1.66. The van der Waals surface area contributed by atoms with Gasteiger partial charge in [0, 0.05) is 25.9 Å². The van der Waals surface area contributed by atoms with Crippen LogP contribution in [-0.4, -0.2) is 114 Å². The SMILES string of the molecule is CSCC[C@@H]1NC(=O)CCNC(=O)[C@H](CCC(N)=O)NC(=O)[C@H](CCCN=C(N)N)NC(=O)[C@H](CC(=O)O)NC(=O)CNC1=O. The molecule has 4 atom stereocenters. The van der Waals surface area contributed by atoms with Crippen molar-refractivity contribution in [2.24, 2.45) is 22.2 Å². The second-order valence-electron chi connectivity index (χ2n) is 9.95. The zero-order valence-corrected chi connectivity index (χ0v) is 25.7. The van der Waals surface area contributed by atoms with Gasteiger partial charge in [0.25, 0.3) is 0 Å². The van der Waals surface area contributed by atoms with E-state index in [1.165, 1.54) is 11.8 Å². The van der Waals surface area contributed by atoms with Crippen LogP contribution < -0.4 is 49.1 Å². The van der Waals surface area contributed by atoms with Crippen molar-refractivity contribution in [2.45, 2.75) is 69.1 Å². The number of nitrogens with zero attached hydrogens (tertiary/aromatic N) is 1. The number of carboxylic acid groups (broad SMARTS) is 1. The fraction of sp³-hybridized carbons (Fsp3) is 0.640. The van der Waals surface area contributed by atoms with Crippen LogP contribution in [0.3, 0.4) is 0 Å². The van der Waals surface area contributed by atoms with Gasteiger partial charge in [0.15, 0.2) is 5.96 Å². The Bertz CT molecular complexity index is 1130. The van der Waals surface area contributed by atoms with Gasteiger partial charge in [-0.25, -0.2) is 0 Å². The van der Waals surface area contributed by atoms with Crippen LogP contribution in [0.5, 0.6) is 0 Å². The highest BCUT2D eigenvalue weighted by atomic mass is 32.2. The first-order chi connectivity index (χ1) is 21.2. The van der Waals surface area contributed by atoms with Crippen molar-refractivity contribution < 1.29 is 43.5 Å². The molecule has 0 spiro atoms. The first-order valence-corrected chi connectivity index (χ1v) is 15.4. The van der Waals surface area contributed by atoms with Crippen molar-refractivity contribution in [1.82, 2.24) is 31.9 Å². The quantitative estimate of drug-likeness (QED) is 0.0536. The Labute approximate surface area is 263 Å². The summed E-state index contributed by atoms with van der Waals surface area (Å²) in [7, 11) is 0. The average molecular weight is 659 g/mol. The third-order valence-electron chi connectivity index (χ3n) is 6.26. The number of carboxylic acids is 1. The zero-order valence-electron chi connectivity index (χ0n) is 24.9. The third-order valence-corrected chi connectivity index (χ3v) is 6.90. The van der Waals surface area contributed by atoms with Crippen LogP contribution in [0.25, 0.3) is 0 Å². The van der Waals surface area contributed by atoms with Crippen molar-refractivity contribution in [3.05, 3.63) is 0 Å². The number of thioether (sulfide) groups is 1. The molecular weight excluding hydrogens is 616 g/mol. The third kappa shape index (κ3) is 16.1. The van der Waals surface area contributed by atoms with Crippen LogP contribution in [0.1, 0.15) is 44.9 Å². The first kappa shape index (κ1) is 38.4. The molecule has 45 heavy (non-hydrogen) atoms. The molecule has 0 aliphatic carbocycles. The predicted octanol–water partition coefficient (Wildman–Crippen LogP) is -4.89. The van der Waals surface area contributed by atoms with Gasteiger partial charge in [0.2, 0.25) is 41.4 Å². The maximum absolute atomic E-state index is 13.3. The molecule has 0 unspecified atom stereocenters. The highest BCUT2D eigenvalue weighted by Crippen LogP contribution is 2.06. The molecule has 19 nitrogen and oxygen atoms in total. The smallest absolute Gasteiger partial charge is 0.305 e. The minimum absolute atomic E-state index is 0.0581. The zero-order chi connectivity index (χ0) is 33.9. The Hall–Kier alpha value is -4.62. The molecule has 13 N–H and O–H groups in total. The average Bonchev–Trinajstić information content (AvgIpc) is 2.95. The number of carbonyl (C=O) groups excluding carboxylic acids is 7. The Morgan fingerprint density at radius 1 is 0.800 bits per heavy atom. The first-order valence-electron chi connectivity index (χ1n) is 14.0. The van der Waals surface area contributed by atoms with Crippen LogP contribution in [0.4, 0.5) is 0 Å². The fourth-order valence-corrected chi connectivity index (χ4v) is 4.46. The van der Waals surface area contributed by atoms with E-state index in [4.69, 9.17) is 17.2 Å². The lowest BCUT2D eigenvalue weighted by atomic mass is 10.1. The number of rotatable bonds is 12. The molecule has 252 valence electrons. The minimum Gasteiger partial charge on any atom is -0.481 e. The van der Waals surface area contributed by atoms with Crippen LogP contribution in [0.2, 0.25) is 0 Å². The van der Waals surface area contributed by atoms with Gasteiger partial charge in [-0.3, -0.25) is 43.3 Å². The van der Waals surface area contributed by atoms with Crippen molar-refractivity contribution in [1.29, 1.82) is 0 Å². The van der Waals surface area contributed by atoms with E-state index in [9.17, 15) is 43.5 Å². The van der Waals surface area contributed by atoms with Crippen LogP contribution in [-0.2, 0) is 38.4 Å². The summed E-state index contributed by atoms with van der Waals surface area (Å²) in [5.74, 6) is -6.81. The van der Waals surface area contributed by atoms with E-state index >= 15 is 0 Å². The number of nitrogens with two attached hydrogens (primary N) is 3. The van der Waals surface area contributed by atoms with Gasteiger partial charge in [0.1, 0.15) is 24.2 Å². The maximum atomic E-state index is 13.3. The van der Waals surface area contributed by atoms with E-state index in [1.807, 2.05) is 0 Å². The monoisotopic (exact) mass is 658 g/mol. The Morgan fingerprint density at radius 3 is 1.98 bits per heavy atom. The van der Waals surface area contributed by atoms with E-state index in [2.05, 4.69) is 36.9 Å². The summed E-state index contributed by atoms with van der Waals surface area (Å²) in [6.45, 7) is -0.779. The summed E-state index contributed by atoms with van der Waals surface area (Å²) in [5.41, 5.74) is 15.9. The van der Waals surface area contributed by atoms with Crippen LogP contribution >= 0.6 is 11.8 Å². The fourth-order valence-electron chi connectivity index (χ4n) is 3.99. The van der Waals surface area contributed by atoms with Crippen molar-refractivity contribution >= 4 is 65.0 Å². The summed E-state index contributed by atoms with van der Waals surface area (Å²) in [6, 6.07) is -5.38. The van der Waals surface area contributed by atoms with Crippen molar-refractivity contribution in [3.63, 3.8) is 0 Å². The summed E-state index contributed by atoms with van der Waals surface area (Å²) in [6.07, 6.45) is 0.450. The number of aliphatic imine (C=N–C) groups is 1. The maximum Gasteiger partial charge on any atom is 0.305 e. The molecule has 1 heterocycles. The van der Waals surface area contributed by atoms with E-state index < -0.39 is 84.5 Å². The number of hydrogen-bond donors (Lipinski definition) is 10. The highest BCUT2D eigenvalue weighted by Gasteiger charge is 2.31. The van der Waals surface area contributed by atoms with E-state index in [0.29, 0.717) is 5.75 Å². The lowest BCUT2D eigenvalue weighted by Crippen LogP contribution is -2.57. The summed E-state index contributed by atoms with van der Waals surface area (Å²) in [5, 5.41) is 23.8. The molecule has 0 bridgehead atoms.